The van der Waals surface area contributed by atoms with Gasteiger partial charge in [0, 0.05) is 23.1 Å². The number of esters is 1. The van der Waals surface area contributed by atoms with Crippen molar-refractivity contribution < 1.29 is 14.3 Å². The van der Waals surface area contributed by atoms with Gasteiger partial charge in [0.05, 0.1) is 12.7 Å². The number of hydrogen-bond donors (Lipinski definition) is 2. The number of anilines is 3. The minimum absolute atomic E-state index is 0.295. The lowest BCUT2D eigenvalue weighted by Crippen LogP contribution is -2.13. The average molecular weight is 375 g/mol. The zero-order valence-corrected chi connectivity index (χ0v) is 15.7. The van der Waals surface area contributed by atoms with Gasteiger partial charge >= 0.3 is 5.97 Å². The van der Waals surface area contributed by atoms with Crippen LogP contribution in [-0.4, -0.2) is 24.0 Å². The maximum Gasteiger partial charge on any atom is 0.337 e. The first-order valence-corrected chi connectivity index (χ1v) is 8.91. The number of ether oxygens (including phenoxy) is 1. The quantitative estimate of drug-likeness (QED) is 0.623. The third-order valence-corrected chi connectivity index (χ3v) is 4.22. The molecule has 0 saturated heterocycles. The van der Waals surface area contributed by atoms with Gasteiger partial charge in [-0.3, -0.25) is 4.79 Å². The summed E-state index contributed by atoms with van der Waals surface area (Å²) in [5.41, 5.74) is 3.46. The minimum atomic E-state index is -0.457. The van der Waals surface area contributed by atoms with Crippen LogP contribution in [0.4, 0.5) is 17.2 Å². The second kappa shape index (κ2) is 8.81. The van der Waals surface area contributed by atoms with E-state index in [1.807, 2.05) is 24.3 Å². The lowest BCUT2D eigenvalue weighted by Gasteiger charge is -2.11. The third kappa shape index (κ3) is 4.54. The molecule has 0 aliphatic heterocycles. The number of aryl methyl sites for hydroxylation is 1. The molecule has 0 fully saturated rings. The van der Waals surface area contributed by atoms with Crippen LogP contribution in [0.15, 0.2) is 66.9 Å². The predicted octanol–water partition coefficient (Wildman–Crippen LogP) is 4.43. The van der Waals surface area contributed by atoms with Crippen molar-refractivity contribution in [2.45, 2.75) is 13.3 Å². The van der Waals surface area contributed by atoms with E-state index in [2.05, 4.69) is 22.5 Å². The van der Waals surface area contributed by atoms with Crippen molar-refractivity contribution in [1.29, 1.82) is 0 Å². The molecule has 2 aromatic carbocycles. The number of nitrogens with zero attached hydrogens (tertiary/aromatic N) is 1. The molecule has 0 atom stereocenters. The van der Waals surface area contributed by atoms with Crippen LogP contribution in [0.1, 0.15) is 33.2 Å². The van der Waals surface area contributed by atoms with Crippen molar-refractivity contribution in [3.05, 3.63) is 83.6 Å². The molecule has 0 unspecified atom stereocenters. The van der Waals surface area contributed by atoms with Crippen LogP contribution in [0.2, 0.25) is 0 Å². The van der Waals surface area contributed by atoms with Gasteiger partial charge in [0.15, 0.2) is 0 Å². The Labute approximate surface area is 163 Å². The second-order valence-corrected chi connectivity index (χ2v) is 6.09. The minimum Gasteiger partial charge on any atom is -0.465 e. The summed E-state index contributed by atoms with van der Waals surface area (Å²) in [7, 11) is 1.32. The molecule has 6 heteroatoms. The molecule has 2 N–H and O–H groups in total. The fraction of sp³-hybridized carbons (Fsp3) is 0.136. The molecule has 0 saturated carbocycles. The molecule has 0 aliphatic rings. The number of methoxy groups -OCH3 is 1. The number of carbonyl (C=O) groups is 2. The van der Waals surface area contributed by atoms with E-state index in [0.717, 1.165) is 12.1 Å². The molecule has 142 valence electrons. The molecule has 3 rings (SSSR count). The fourth-order valence-corrected chi connectivity index (χ4v) is 2.77. The van der Waals surface area contributed by atoms with Crippen LogP contribution in [0.5, 0.6) is 0 Å². The second-order valence-electron chi connectivity index (χ2n) is 6.09. The number of aromatic nitrogens is 1. The number of amides is 1. The van der Waals surface area contributed by atoms with Gasteiger partial charge in [0.2, 0.25) is 0 Å². The van der Waals surface area contributed by atoms with Crippen molar-refractivity contribution in [3.8, 4) is 0 Å². The summed E-state index contributed by atoms with van der Waals surface area (Å²) in [6, 6.07) is 17.9. The highest BCUT2D eigenvalue weighted by Crippen LogP contribution is 2.21. The van der Waals surface area contributed by atoms with E-state index >= 15 is 0 Å². The van der Waals surface area contributed by atoms with Crippen molar-refractivity contribution in [1.82, 2.24) is 4.98 Å². The number of carbonyl (C=O) groups excluding carboxylic acids is 2. The van der Waals surface area contributed by atoms with Gasteiger partial charge in [-0.15, -0.1) is 0 Å². The Morgan fingerprint density at radius 2 is 1.82 bits per heavy atom. The summed E-state index contributed by atoms with van der Waals surface area (Å²) in [5.74, 6) is -0.172. The molecule has 3 aromatic rings. The highest BCUT2D eigenvalue weighted by Gasteiger charge is 2.11. The van der Waals surface area contributed by atoms with E-state index in [0.29, 0.717) is 22.6 Å². The lowest BCUT2D eigenvalue weighted by atomic mass is 10.1. The van der Waals surface area contributed by atoms with E-state index in [-0.39, 0.29) is 5.91 Å². The molecular formula is C22H21N3O3. The van der Waals surface area contributed by atoms with Gasteiger partial charge in [0.25, 0.3) is 5.91 Å². The number of benzene rings is 2. The first-order chi connectivity index (χ1) is 13.6. The summed E-state index contributed by atoms with van der Waals surface area (Å²) >= 11 is 0. The highest BCUT2D eigenvalue weighted by atomic mass is 16.5. The Hall–Kier alpha value is -3.67. The summed E-state index contributed by atoms with van der Waals surface area (Å²) in [6.07, 6.45) is 2.47. The molecule has 1 amide bonds. The van der Waals surface area contributed by atoms with Crippen LogP contribution >= 0.6 is 0 Å². The molecule has 1 heterocycles. The number of nitrogens with one attached hydrogen (secondary N) is 2. The van der Waals surface area contributed by atoms with Gasteiger partial charge in [-0.1, -0.05) is 31.2 Å². The molecule has 1 aromatic heterocycles. The topological polar surface area (TPSA) is 80.3 Å². The SMILES string of the molecule is CCc1ccccc1Nc1cc(C(=O)Nc2cccc(C(=O)OC)c2)ccn1. The van der Waals surface area contributed by atoms with E-state index in [9.17, 15) is 9.59 Å². The van der Waals surface area contributed by atoms with Gasteiger partial charge in [-0.25, -0.2) is 9.78 Å². The van der Waals surface area contributed by atoms with Crippen LogP contribution in [0, 0.1) is 0 Å². The summed E-state index contributed by atoms with van der Waals surface area (Å²) in [5, 5.41) is 6.05. The van der Waals surface area contributed by atoms with Crippen molar-refractivity contribution in [3.63, 3.8) is 0 Å². The first kappa shape index (κ1) is 19.1. The maximum atomic E-state index is 12.6. The zero-order chi connectivity index (χ0) is 19.9. The Morgan fingerprint density at radius 3 is 2.61 bits per heavy atom. The smallest absolute Gasteiger partial charge is 0.337 e. The first-order valence-electron chi connectivity index (χ1n) is 8.91. The van der Waals surface area contributed by atoms with Gasteiger partial charge in [-0.2, -0.15) is 0 Å². The Morgan fingerprint density at radius 1 is 1.00 bits per heavy atom. The molecule has 0 bridgehead atoms. The molecular weight excluding hydrogens is 354 g/mol. The Bertz CT molecular complexity index is 1000. The van der Waals surface area contributed by atoms with E-state index < -0.39 is 5.97 Å². The van der Waals surface area contributed by atoms with Crippen LogP contribution in [0.3, 0.4) is 0 Å². The predicted molar refractivity (Wildman–Crippen MR) is 109 cm³/mol. The van der Waals surface area contributed by atoms with Crippen LogP contribution in [-0.2, 0) is 11.2 Å². The van der Waals surface area contributed by atoms with Crippen molar-refractivity contribution in [2.75, 3.05) is 17.7 Å². The zero-order valence-electron chi connectivity index (χ0n) is 15.7. The van der Waals surface area contributed by atoms with Crippen LogP contribution in [0.25, 0.3) is 0 Å². The van der Waals surface area contributed by atoms with E-state index in [1.54, 1.807) is 42.6 Å². The highest BCUT2D eigenvalue weighted by molar-refractivity contribution is 6.05. The maximum absolute atomic E-state index is 12.6. The van der Waals surface area contributed by atoms with Gasteiger partial charge < -0.3 is 15.4 Å². The normalized spacial score (nSPS) is 10.2. The van der Waals surface area contributed by atoms with Crippen LogP contribution < -0.4 is 10.6 Å². The average Bonchev–Trinajstić information content (AvgIpc) is 2.74. The molecule has 0 radical (unpaired) electrons. The number of hydrogen-bond acceptors (Lipinski definition) is 5. The largest absolute Gasteiger partial charge is 0.465 e. The summed E-state index contributed by atoms with van der Waals surface area (Å²) < 4.78 is 4.70. The van der Waals surface area contributed by atoms with Crippen molar-refractivity contribution in [2.24, 2.45) is 0 Å². The van der Waals surface area contributed by atoms with E-state index in [1.165, 1.54) is 12.7 Å². The number of pyridine rings is 1. The summed E-state index contributed by atoms with van der Waals surface area (Å²) in [6.45, 7) is 2.08. The van der Waals surface area contributed by atoms with Crippen molar-refractivity contribution >= 4 is 29.1 Å². The molecule has 6 nitrogen and oxygen atoms in total. The Balaban J connectivity index is 1.76. The Kier molecular flexibility index (Phi) is 6.01. The number of rotatable bonds is 6. The van der Waals surface area contributed by atoms with Gasteiger partial charge in [0.1, 0.15) is 5.82 Å². The summed E-state index contributed by atoms with van der Waals surface area (Å²) in [4.78, 5) is 28.5. The van der Waals surface area contributed by atoms with Gasteiger partial charge in [-0.05, 0) is 48.4 Å². The van der Waals surface area contributed by atoms with E-state index in [4.69, 9.17) is 4.74 Å². The molecule has 28 heavy (non-hydrogen) atoms. The molecule has 0 aliphatic carbocycles. The monoisotopic (exact) mass is 375 g/mol. The lowest BCUT2D eigenvalue weighted by molar-refractivity contribution is 0.0600. The third-order valence-electron chi connectivity index (χ3n) is 4.22. The molecule has 0 spiro atoms. The number of para-hydroxylation sites is 1. The standard InChI is InChI=1S/C22H21N3O3/c1-3-15-7-4-5-10-19(15)25-20-14-16(11-12-23-20)21(26)24-18-9-6-8-17(13-18)22(27)28-2/h4-14H,3H2,1-2H3,(H,23,25)(H,24,26). The fourth-order valence-electron chi connectivity index (χ4n) is 2.77.